The van der Waals surface area contributed by atoms with Crippen molar-refractivity contribution in [3.05, 3.63) is 71.3 Å². The van der Waals surface area contributed by atoms with Gasteiger partial charge in [-0.25, -0.2) is 8.78 Å². The number of hydrogen-bond acceptors (Lipinski definition) is 2. The Morgan fingerprint density at radius 3 is 2.05 bits per heavy atom. The molecule has 0 aliphatic heterocycles. The second-order valence-corrected chi connectivity index (χ2v) is 5.39. The Hall–Kier alpha value is -2.27. The Labute approximate surface area is 128 Å². The fourth-order valence-electron chi connectivity index (χ4n) is 2.41. The van der Waals surface area contributed by atoms with E-state index in [1.165, 1.54) is 24.3 Å². The first kappa shape index (κ1) is 16.1. The Morgan fingerprint density at radius 1 is 1.05 bits per heavy atom. The largest absolute Gasteiger partial charge is 0.345 e. The van der Waals surface area contributed by atoms with Crippen LogP contribution in [0.3, 0.4) is 0 Å². The van der Waals surface area contributed by atoms with Crippen LogP contribution in [0.1, 0.15) is 18.1 Å². The fraction of sp³-hybridized carbons (Fsp3) is 0.235. The Balaban J connectivity index is 2.34. The van der Waals surface area contributed by atoms with E-state index in [9.17, 15) is 13.6 Å². The number of hydrogen-bond donors (Lipinski definition) is 2. The third kappa shape index (κ3) is 3.89. The van der Waals surface area contributed by atoms with Crippen LogP contribution in [0.4, 0.5) is 8.78 Å². The number of halogens is 2. The normalized spacial score (nSPS) is 13.5. The first-order chi connectivity index (χ1) is 10.4. The highest BCUT2D eigenvalue weighted by Gasteiger charge is 2.28. The lowest BCUT2D eigenvalue weighted by Gasteiger charge is -2.32. The predicted octanol–water partition coefficient (Wildman–Crippen LogP) is 2.50. The van der Waals surface area contributed by atoms with Crippen molar-refractivity contribution in [1.82, 2.24) is 5.32 Å². The van der Waals surface area contributed by atoms with Crippen LogP contribution in [0.25, 0.3) is 0 Å². The van der Waals surface area contributed by atoms with Crippen LogP contribution in [0.2, 0.25) is 0 Å². The quantitative estimate of drug-likeness (QED) is 0.891. The maximum atomic E-state index is 13.1. The molecule has 0 spiro atoms. The van der Waals surface area contributed by atoms with Crippen molar-refractivity contribution in [3.63, 3.8) is 0 Å². The molecule has 0 bridgehead atoms. The molecule has 0 aromatic heterocycles. The van der Waals surface area contributed by atoms with E-state index < -0.39 is 5.54 Å². The maximum absolute atomic E-state index is 13.1. The lowest BCUT2D eigenvalue weighted by Crippen LogP contribution is -2.47. The lowest BCUT2D eigenvalue weighted by atomic mass is 9.85. The van der Waals surface area contributed by atoms with Crippen LogP contribution in [0.15, 0.2) is 48.5 Å². The van der Waals surface area contributed by atoms with Gasteiger partial charge >= 0.3 is 0 Å². The second kappa shape index (κ2) is 6.66. The summed E-state index contributed by atoms with van der Waals surface area (Å²) >= 11 is 0. The lowest BCUT2D eigenvalue weighted by molar-refractivity contribution is -0.121. The van der Waals surface area contributed by atoms with Gasteiger partial charge in [-0.2, -0.15) is 0 Å². The molecule has 0 saturated heterocycles. The minimum Gasteiger partial charge on any atom is -0.345 e. The highest BCUT2D eigenvalue weighted by Crippen LogP contribution is 2.26. The van der Waals surface area contributed by atoms with E-state index >= 15 is 0 Å². The molecule has 1 atom stereocenters. The monoisotopic (exact) mass is 304 g/mol. The van der Waals surface area contributed by atoms with Crippen LogP contribution in [-0.2, 0) is 16.8 Å². The van der Waals surface area contributed by atoms with Crippen molar-refractivity contribution in [2.24, 2.45) is 5.73 Å². The second-order valence-electron chi connectivity index (χ2n) is 5.39. The first-order valence-electron chi connectivity index (χ1n) is 6.94. The van der Waals surface area contributed by atoms with Crippen molar-refractivity contribution in [3.8, 4) is 0 Å². The van der Waals surface area contributed by atoms with E-state index in [1.54, 1.807) is 24.3 Å². The van der Waals surface area contributed by atoms with E-state index in [2.05, 4.69) is 5.32 Å². The summed E-state index contributed by atoms with van der Waals surface area (Å²) in [6, 6.07) is 12.0. The summed E-state index contributed by atoms with van der Waals surface area (Å²) in [4.78, 5) is 11.7. The van der Waals surface area contributed by atoms with Gasteiger partial charge in [0.05, 0.1) is 12.1 Å². The minimum absolute atomic E-state index is 0.139. The van der Waals surface area contributed by atoms with Crippen LogP contribution in [0, 0.1) is 11.6 Å². The molecule has 0 aliphatic carbocycles. The third-order valence-electron chi connectivity index (χ3n) is 3.55. The Morgan fingerprint density at radius 2 is 1.55 bits per heavy atom. The number of carbonyl (C=O) groups is 1. The van der Waals surface area contributed by atoms with Gasteiger partial charge in [-0.3, -0.25) is 4.79 Å². The molecule has 3 N–H and O–H groups in total. The molecule has 5 heteroatoms. The SMILES string of the molecule is CC(Cc1ccc(F)cc1)(NC(=O)CN)c1ccc(F)cc1. The summed E-state index contributed by atoms with van der Waals surface area (Å²) in [5, 5.41) is 2.86. The van der Waals surface area contributed by atoms with Crippen molar-refractivity contribution >= 4 is 5.91 Å². The van der Waals surface area contributed by atoms with Gasteiger partial charge in [0.15, 0.2) is 0 Å². The summed E-state index contributed by atoms with van der Waals surface area (Å²) in [5.74, 6) is -0.981. The highest BCUT2D eigenvalue weighted by molar-refractivity contribution is 5.78. The summed E-state index contributed by atoms with van der Waals surface area (Å²) < 4.78 is 26.1. The number of rotatable bonds is 5. The zero-order valence-corrected chi connectivity index (χ0v) is 12.3. The van der Waals surface area contributed by atoms with Crippen LogP contribution in [-0.4, -0.2) is 12.5 Å². The Bertz CT molecular complexity index is 641. The van der Waals surface area contributed by atoms with E-state index in [-0.39, 0.29) is 24.1 Å². The van der Waals surface area contributed by atoms with Gasteiger partial charge in [0.1, 0.15) is 11.6 Å². The van der Waals surface area contributed by atoms with Gasteiger partial charge in [-0.05, 0) is 48.7 Å². The van der Waals surface area contributed by atoms with Gasteiger partial charge < -0.3 is 11.1 Å². The molecule has 22 heavy (non-hydrogen) atoms. The van der Waals surface area contributed by atoms with E-state index in [0.29, 0.717) is 6.42 Å². The molecular weight excluding hydrogens is 286 g/mol. The van der Waals surface area contributed by atoms with Gasteiger partial charge in [0.25, 0.3) is 0 Å². The predicted molar refractivity (Wildman–Crippen MR) is 81.1 cm³/mol. The van der Waals surface area contributed by atoms with Gasteiger partial charge in [0.2, 0.25) is 5.91 Å². The van der Waals surface area contributed by atoms with Gasteiger partial charge in [-0.1, -0.05) is 24.3 Å². The maximum Gasteiger partial charge on any atom is 0.234 e. The van der Waals surface area contributed by atoms with E-state index in [0.717, 1.165) is 11.1 Å². The molecule has 116 valence electrons. The topological polar surface area (TPSA) is 55.1 Å². The van der Waals surface area contributed by atoms with Gasteiger partial charge in [0, 0.05) is 0 Å². The summed E-state index contributed by atoms with van der Waals surface area (Å²) in [7, 11) is 0. The molecule has 2 aromatic carbocycles. The van der Waals surface area contributed by atoms with Crippen LogP contribution >= 0.6 is 0 Å². The molecule has 2 aromatic rings. The summed E-state index contributed by atoms with van der Waals surface area (Å²) in [5.41, 5.74) is 6.21. The molecule has 1 unspecified atom stereocenters. The zero-order valence-electron chi connectivity index (χ0n) is 12.3. The average molecular weight is 304 g/mol. The fourth-order valence-corrected chi connectivity index (χ4v) is 2.41. The smallest absolute Gasteiger partial charge is 0.234 e. The number of amides is 1. The standard InChI is InChI=1S/C17H18F2N2O/c1-17(21-16(22)11-20,13-4-8-15(19)9-5-13)10-12-2-6-14(18)7-3-12/h2-9H,10-11,20H2,1H3,(H,21,22). The molecule has 0 radical (unpaired) electrons. The highest BCUT2D eigenvalue weighted by atomic mass is 19.1. The zero-order chi connectivity index (χ0) is 16.2. The molecule has 0 aliphatic rings. The molecule has 0 fully saturated rings. The van der Waals surface area contributed by atoms with E-state index in [4.69, 9.17) is 5.73 Å². The molecule has 1 amide bonds. The van der Waals surface area contributed by atoms with Crippen LogP contribution < -0.4 is 11.1 Å². The molecule has 0 heterocycles. The molecule has 0 saturated carbocycles. The van der Waals surface area contributed by atoms with Crippen molar-refractivity contribution in [1.29, 1.82) is 0 Å². The molecule has 3 nitrogen and oxygen atoms in total. The molecule has 2 rings (SSSR count). The van der Waals surface area contributed by atoms with E-state index in [1.807, 2.05) is 6.92 Å². The Kier molecular flexibility index (Phi) is 4.88. The summed E-state index contributed by atoms with van der Waals surface area (Å²) in [6.45, 7) is 1.69. The summed E-state index contributed by atoms with van der Waals surface area (Å²) in [6.07, 6.45) is 0.435. The number of benzene rings is 2. The first-order valence-corrected chi connectivity index (χ1v) is 6.94. The third-order valence-corrected chi connectivity index (χ3v) is 3.55. The van der Waals surface area contributed by atoms with Crippen molar-refractivity contribution in [2.45, 2.75) is 18.9 Å². The average Bonchev–Trinajstić information content (AvgIpc) is 2.50. The number of nitrogens with one attached hydrogen (secondary N) is 1. The van der Waals surface area contributed by atoms with Crippen molar-refractivity contribution < 1.29 is 13.6 Å². The van der Waals surface area contributed by atoms with Gasteiger partial charge in [-0.15, -0.1) is 0 Å². The number of nitrogens with two attached hydrogens (primary N) is 1. The number of carbonyl (C=O) groups excluding carboxylic acids is 1. The molecular formula is C17H18F2N2O. The van der Waals surface area contributed by atoms with Crippen LogP contribution in [0.5, 0.6) is 0 Å². The minimum atomic E-state index is -0.762. The van der Waals surface area contributed by atoms with Crippen molar-refractivity contribution in [2.75, 3.05) is 6.54 Å².